The topological polar surface area (TPSA) is 176 Å². The second-order valence-electron chi connectivity index (χ2n) is 10.1. The number of carbonyl (C=O) groups is 4. The number of aliphatic hydroxyl groups is 2. The lowest BCUT2D eigenvalue weighted by molar-refractivity contribution is -0.126. The van der Waals surface area contributed by atoms with Crippen molar-refractivity contribution in [2.24, 2.45) is 4.99 Å². The molecule has 2 aromatic carbocycles. The molecule has 41 heavy (non-hydrogen) atoms. The number of benzene rings is 2. The van der Waals surface area contributed by atoms with E-state index in [1.807, 2.05) is 12.1 Å². The van der Waals surface area contributed by atoms with Crippen molar-refractivity contribution in [2.75, 3.05) is 13.2 Å². The van der Waals surface area contributed by atoms with Crippen LogP contribution in [0.1, 0.15) is 31.9 Å². The molecule has 0 saturated carbocycles. The number of ether oxygens (including phenoxy) is 3. The van der Waals surface area contributed by atoms with Crippen LogP contribution in [-0.4, -0.2) is 82.1 Å². The number of hydrogen-bond donors (Lipinski definition) is 4. The first-order chi connectivity index (χ1) is 19.5. The van der Waals surface area contributed by atoms with E-state index in [9.17, 15) is 29.4 Å². The second kappa shape index (κ2) is 14.2. The summed E-state index contributed by atoms with van der Waals surface area (Å²) in [6.07, 6.45) is -4.55. The van der Waals surface area contributed by atoms with E-state index in [0.717, 1.165) is 10.5 Å². The minimum atomic E-state index is -1.72. The molecule has 1 aliphatic heterocycles. The van der Waals surface area contributed by atoms with Crippen molar-refractivity contribution in [1.29, 1.82) is 0 Å². The highest BCUT2D eigenvalue weighted by Gasteiger charge is 2.41. The van der Waals surface area contributed by atoms with Gasteiger partial charge in [-0.1, -0.05) is 60.7 Å². The maximum atomic E-state index is 13.0. The number of hydrogen-bond acceptors (Lipinski definition) is 10. The van der Waals surface area contributed by atoms with E-state index >= 15 is 0 Å². The highest BCUT2D eigenvalue weighted by molar-refractivity contribution is 6.02. The predicted octanol–water partition coefficient (Wildman–Crippen LogP) is 2.11. The number of aliphatic imine (C=N–C) groups is 1. The lowest BCUT2D eigenvalue weighted by atomic mass is 10.00. The minimum absolute atomic E-state index is 0.0582. The van der Waals surface area contributed by atoms with Gasteiger partial charge >= 0.3 is 18.3 Å². The average molecular weight is 571 g/mol. The van der Waals surface area contributed by atoms with Crippen LogP contribution in [-0.2, 0) is 32.2 Å². The van der Waals surface area contributed by atoms with Crippen molar-refractivity contribution in [3.63, 3.8) is 0 Å². The van der Waals surface area contributed by atoms with Crippen LogP contribution in [0.2, 0.25) is 0 Å². The number of amides is 3. The Balaban J connectivity index is 1.76. The molecule has 0 bridgehead atoms. The van der Waals surface area contributed by atoms with E-state index in [0.29, 0.717) is 5.56 Å². The Kier molecular flexibility index (Phi) is 10.8. The molecule has 1 heterocycles. The van der Waals surface area contributed by atoms with Gasteiger partial charge < -0.3 is 29.7 Å². The number of carbonyl (C=O) groups excluding carboxylic acids is 4. The molecule has 0 radical (unpaired) electrons. The van der Waals surface area contributed by atoms with Gasteiger partial charge in [-0.3, -0.25) is 10.1 Å². The molecule has 1 unspecified atom stereocenters. The van der Waals surface area contributed by atoms with E-state index < -0.39 is 54.5 Å². The average Bonchev–Trinajstić information content (AvgIpc) is 3.36. The Morgan fingerprint density at radius 2 is 1.51 bits per heavy atom. The van der Waals surface area contributed by atoms with Crippen LogP contribution in [0.15, 0.2) is 65.7 Å². The fourth-order valence-corrected chi connectivity index (χ4v) is 3.75. The zero-order valence-corrected chi connectivity index (χ0v) is 23.0. The normalized spacial score (nSPS) is 16.2. The van der Waals surface area contributed by atoms with Crippen molar-refractivity contribution >= 4 is 30.0 Å². The fraction of sp³-hybridized carbons (Fsp3) is 0.393. The molecular weight excluding hydrogens is 536 g/mol. The second-order valence-corrected chi connectivity index (χ2v) is 10.1. The van der Waals surface area contributed by atoms with Crippen molar-refractivity contribution in [3.05, 3.63) is 71.8 Å². The smallest absolute Gasteiger partial charge is 0.417 e. The van der Waals surface area contributed by atoms with E-state index in [2.05, 4.69) is 15.6 Å². The molecule has 0 spiro atoms. The lowest BCUT2D eigenvalue weighted by Gasteiger charge is -2.27. The van der Waals surface area contributed by atoms with Crippen LogP contribution in [0, 0.1) is 0 Å². The Morgan fingerprint density at radius 1 is 0.951 bits per heavy atom. The first-order valence-corrected chi connectivity index (χ1v) is 12.8. The van der Waals surface area contributed by atoms with Gasteiger partial charge in [0.15, 0.2) is 5.78 Å². The highest BCUT2D eigenvalue weighted by Crippen LogP contribution is 2.18. The largest absolute Gasteiger partial charge is 0.444 e. The molecule has 0 aliphatic carbocycles. The van der Waals surface area contributed by atoms with E-state index in [1.165, 1.54) is 0 Å². The van der Waals surface area contributed by atoms with Crippen molar-refractivity contribution < 1.29 is 43.6 Å². The fourth-order valence-electron chi connectivity index (χ4n) is 3.75. The van der Waals surface area contributed by atoms with Gasteiger partial charge in [0.2, 0.25) is 5.96 Å². The maximum Gasteiger partial charge on any atom is 0.417 e. The van der Waals surface area contributed by atoms with Crippen LogP contribution in [0.5, 0.6) is 0 Å². The van der Waals surface area contributed by atoms with E-state index in [1.54, 1.807) is 69.3 Å². The van der Waals surface area contributed by atoms with Gasteiger partial charge in [0.05, 0.1) is 6.54 Å². The van der Waals surface area contributed by atoms with Crippen LogP contribution in [0.3, 0.4) is 0 Å². The Labute approximate surface area is 237 Å². The molecule has 13 heteroatoms. The molecule has 4 N–H and O–H groups in total. The molecule has 0 saturated heterocycles. The Bertz CT molecular complexity index is 1230. The molecule has 3 rings (SSSR count). The lowest BCUT2D eigenvalue weighted by Crippen LogP contribution is -2.55. The van der Waals surface area contributed by atoms with Crippen LogP contribution in [0.25, 0.3) is 0 Å². The Morgan fingerprint density at radius 3 is 2.05 bits per heavy atom. The summed E-state index contributed by atoms with van der Waals surface area (Å²) in [5.41, 5.74) is 0.534. The summed E-state index contributed by atoms with van der Waals surface area (Å²) in [4.78, 5) is 55.5. The molecule has 0 fully saturated rings. The van der Waals surface area contributed by atoms with Crippen LogP contribution < -0.4 is 10.6 Å². The molecule has 3 amide bonds. The molecule has 3 atom stereocenters. The third-order valence-corrected chi connectivity index (χ3v) is 5.68. The first kappa shape index (κ1) is 31.0. The van der Waals surface area contributed by atoms with Crippen molar-refractivity contribution in [2.45, 2.75) is 57.8 Å². The van der Waals surface area contributed by atoms with Crippen LogP contribution >= 0.6 is 0 Å². The van der Waals surface area contributed by atoms with Gasteiger partial charge in [-0.2, -0.15) is 0 Å². The number of nitrogens with zero attached hydrogens (tertiary/aromatic N) is 2. The molecule has 13 nitrogen and oxygen atoms in total. The van der Waals surface area contributed by atoms with Crippen LogP contribution in [0.4, 0.5) is 14.4 Å². The first-order valence-electron chi connectivity index (χ1n) is 12.8. The number of ketones is 1. The summed E-state index contributed by atoms with van der Waals surface area (Å²) < 4.78 is 15.7. The number of aliphatic hydroxyl groups excluding tert-OH is 2. The third kappa shape index (κ3) is 9.58. The zero-order valence-electron chi connectivity index (χ0n) is 23.0. The standard InChI is InChI=1S/C28H34N4O9/c1-28(2,3)41-26(37)30-22(21(34)15-33)23(35)20-14-32(27(38)40-17-19-12-8-5-9-13-19)24(29-20)31-25(36)39-16-18-10-6-4-7-11-18/h4-13,20,22-23,33,35H,14-17H2,1-3H3,(H,30,37)(H,29,31,36)/t20-,22+,23?/m0/s1. The van der Waals surface area contributed by atoms with Gasteiger partial charge in [0, 0.05) is 0 Å². The van der Waals surface area contributed by atoms with E-state index in [-0.39, 0.29) is 25.7 Å². The summed E-state index contributed by atoms with van der Waals surface area (Å²) >= 11 is 0. The number of guanidine groups is 1. The summed E-state index contributed by atoms with van der Waals surface area (Å²) in [7, 11) is 0. The highest BCUT2D eigenvalue weighted by atomic mass is 16.6. The summed E-state index contributed by atoms with van der Waals surface area (Å²) in [5, 5.41) is 25.1. The molecule has 1 aliphatic rings. The summed E-state index contributed by atoms with van der Waals surface area (Å²) in [6.45, 7) is 3.38. The van der Waals surface area contributed by atoms with Gasteiger partial charge in [-0.25, -0.2) is 24.3 Å². The SMILES string of the molecule is CC(C)(C)OC(=O)N[C@H](C(=O)CO)C(O)[C@@H]1CN(C(=O)OCc2ccccc2)C(NC(=O)OCc2ccccc2)=N1. The number of rotatable bonds is 9. The Hall–Kier alpha value is -4.49. The molecule has 0 aromatic heterocycles. The number of Topliss-reactive ketones (excluding diaryl/α,β-unsaturated/α-hetero) is 1. The summed E-state index contributed by atoms with van der Waals surface area (Å²) in [5.74, 6) is -1.21. The maximum absolute atomic E-state index is 13.0. The zero-order chi connectivity index (χ0) is 30.0. The monoisotopic (exact) mass is 570 g/mol. The number of nitrogens with one attached hydrogen (secondary N) is 2. The summed E-state index contributed by atoms with van der Waals surface area (Å²) in [6, 6.07) is 14.9. The van der Waals surface area contributed by atoms with Gasteiger partial charge in [-0.15, -0.1) is 0 Å². The van der Waals surface area contributed by atoms with Gasteiger partial charge in [0.1, 0.15) is 43.6 Å². The third-order valence-electron chi connectivity index (χ3n) is 5.68. The predicted molar refractivity (Wildman–Crippen MR) is 146 cm³/mol. The van der Waals surface area contributed by atoms with Gasteiger partial charge in [-0.05, 0) is 31.9 Å². The van der Waals surface area contributed by atoms with E-state index in [4.69, 9.17) is 14.2 Å². The van der Waals surface area contributed by atoms with Gasteiger partial charge in [0.25, 0.3) is 0 Å². The molecule has 2 aromatic rings. The van der Waals surface area contributed by atoms with Crippen molar-refractivity contribution in [3.8, 4) is 0 Å². The number of alkyl carbamates (subject to hydrolysis) is 2. The quantitative estimate of drug-likeness (QED) is 0.329. The molecular formula is C28H34N4O9. The molecule has 220 valence electrons. The minimum Gasteiger partial charge on any atom is -0.444 e. The van der Waals surface area contributed by atoms with Crippen molar-refractivity contribution in [1.82, 2.24) is 15.5 Å².